The minimum atomic E-state index is 0. The molecule has 0 saturated carbocycles. The van der Waals surface area contributed by atoms with Crippen LogP contribution >= 0.6 is 0 Å². The maximum atomic E-state index is 2.22. The smallest absolute Gasteiger partial charge is 0 e. The van der Waals surface area contributed by atoms with Gasteiger partial charge in [-0.1, -0.05) is 72.8 Å². The molecule has 3 rings (SSSR count). The average molecular weight is 241 g/mol. The van der Waals surface area contributed by atoms with Crippen LogP contribution in [0.5, 0.6) is 0 Å². The number of hydrogen-bond acceptors (Lipinski definition) is 0. The largest absolute Gasteiger partial charge is 0.0622 e. The van der Waals surface area contributed by atoms with Crippen LogP contribution in [0.25, 0.3) is 10.8 Å². The third-order valence-electron chi connectivity index (χ3n) is 3.12. The molecule has 0 saturated heterocycles. The minimum absolute atomic E-state index is 0. The monoisotopic (exact) mass is 241 g/mol. The summed E-state index contributed by atoms with van der Waals surface area (Å²) >= 11 is 0. The molecule has 18 heavy (non-hydrogen) atoms. The van der Waals surface area contributed by atoms with Crippen LogP contribution in [0.1, 0.15) is 11.1 Å². The molecule has 0 N–H and O–H groups in total. The molecule has 0 unspecified atom stereocenters. The summed E-state index contributed by atoms with van der Waals surface area (Å²) in [7, 11) is 0. The van der Waals surface area contributed by atoms with Crippen molar-refractivity contribution < 1.29 is 0 Å². The summed E-state index contributed by atoms with van der Waals surface area (Å²) in [6, 6.07) is 25.7. The summed E-state index contributed by atoms with van der Waals surface area (Å²) < 4.78 is 0. The topological polar surface area (TPSA) is 0 Å². The Bertz CT molecular complexity index is 624. The van der Waals surface area contributed by atoms with Crippen molar-refractivity contribution in [2.24, 2.45) is 0 Å². The summed E-state index contributed by atoms with van der Waals surface area (Å²) in [6.07, 6.45) is 1.00. The first-order valence-electron chi connectivity index (χ1n) is 5.94. The second kappa shape index (κ2) is 6.19. The van der Waals surface area contributed by atoms with E-state index < -0.39 is 0 Å². The molecule has 0 aliphatic heterocycles. The van der Waals surface area contributed by atoms with Crippen LogP contribution in [0, 0.1) is 0 Å². The van der Waals surface area contributed by atoms with Gasteiger partial charge in [0.2, 0.25) is 0 Å². The van der Waals surface area contributed by atoms with Gasteiger partial charge in [-0.15, -0.1) is 0 Å². The van der Waals surface area contributed by atoms with Crippen LogP contribution in [-0.4, -0.2) is 29.6 Å². The van der Waals surface area contributed by atoms with E-state index in [2.05, 4.69) is 72.8 Å². The van der Waals surface area contributed by atoms with E-state index in [1.165, 1.54) is 21.9 Å². The molecule has 0 aliphatic rings. The standard InChI is InChI=1S/C17H14.Na/c1-2-7-14(8-3-1)13-16-11-6-10-15-9-4-5-12-17(15)16;/h1-12H,13H2;. The van der Waals surface area contributed by atoms with Gasteiger partial charge in [-0.2, -0.15) is 0 Å². The maximum Gasteiger partial charge on any atom is 0 e. The summed E-state index contributed by atoms with van der Waals surface area (Å²) in [5.41, 5.74) is 2.76. The van der Waals surface area contributed by atoms with Crippen molar-refractivity contribution in [1.82, 2.24) is 0 Å². The molecule has 0 aliphatic carbocycles. The third kappa shape index (κ3) is 2.84. The number of rotatable bonds is 2. The van der Waals surface area contributed by atoms with E-state index in [9.17, 15) is 0 Å². The fourth-order valence-corrected chi connectivity index (χ4v) is 2.26. The molecule has 0 nitrogen and oxygen atoms in total. The maximum absolute atomic E-state index is 2.22. The van der Waals surface area contributed by atoms with Crippen LogP contribution in [-0.2, 0) is 6.42 Å². The Morgan fingerprint density at radius 2 is 1.28 bits per heavy atom. The molecule has 0 fully saturated rings. The zero-order chi connectivity index (χ0) is 11.5. The Labute approximate surface area is 130 Å². The van der Waals surface area contributed by atoms with Gasteiger partial charge >= 0.3 is 0 Å². The number of fused-ring (bicyclic) bond motifs is 1. The molecule has 3 aromatic carbocycles. The van der Waals surface area contributed by atoms with Gasteiger partial charge in [0, 0.05) is 29.6 Å². The van der Waals surface area contributed by atoms with Crippen LogP contribution in [0.3, 0.4) is 0 Å². The Morgan fingerprint density at radius 1 is 0.611 bits per heavy atom. The number of hydrogen-bond donors (Lipinski definition) is 0. The van der Waals surface area contributed by atoms with Gasteiger partial charge in [0.15, 0.2) is 0 Å². The molecule has 3 aromatic rings. The van der Waals surface area contributed by atoms with Crippen molar-refractivity contribution in [2.45, 2.75) is 6.42 Å². The molecule has 0 aromatic heterocycles. The van der Waals surface area contributed by atoms with Crippen LogP contribution in [0.2, 0.25) is 0 Å². The van der Waals surface area contributed by atoms with Gasteiger partial charge in [-0.3, -0.25) is 0 Å². The average Bonchev–Trinajstić information content (AvgIpc) is 2.40. The summed E-state index contributed by atoms with van der Waals surface area (Å²) in [4.78, 5) is 0. The predicted molar refractivity (Wildman–Crippen MR) is 79.0 cm³/mol. The summed E-state index contributed by atoms with van der Waals surface area (Å²) in [5, 5.41) is 2.68. The van der Waals surface area contributed by atoms with E-state index in [-0.39, 0.29) is 29.6 Å². The second-order valence-electron chi connectivity index (χ2n) is 4.30. The van der Waals surface area contributed by atoms with Gasteiger partial charge in [0.1, 0.15) is 0 Å². The van der Waals surface area contributed by atoms with Crippen molar-refractivity contribution in [3.05, 3.63) is 83.9 Å². The van der Waals surface area contributed by atoms with Gasteiger partial charge in [0.25, 0.3) is 0 Å². The first-order chi connectivity index (χ1) is 8.43. The Balaban J connectivity index is 0.00000120. The molecule has 0 heterocycles. The van der Waals surface area contributed by atoms with Gasteiger partial charge < -0.3 is 0 Å². The molecule has 0 spiro atoms. The molecule has 0 amide bonds. The summed E-state index contributed by atoms with van der Waals surface area (Å²) in [6.45, 7) is 0. The molecular formula is C17H14Na. The minimum Gasteiger partial charge on any atom is -0.0622 e. The molecule has 0 bridgehead atoms. The van der Waals surface area contributed by atoms with Gasteiger partial charge in [-0.05, 0) is 28.3 Å². The second-order valence-corrected chi connectivity index (χ2v) is 4.30. The molecule has 1 heteroatoms. The van der Waals surface area contributed by atoms with Crippen LogP contribution < -0.4 is 0 Å². The molecule has 0 atom stereocenters. The first kappa shape index (κ1) is 13.4. The van der Waals surface area contributed by atoms with Crippen molar-refractivity contribution >= 4 is 40.3 Å². The Kier molecular flexibility index (Phi) is 4.60. The fraction of sp³-hybridized carbons (Fsp3) is 0.0588. The van der Waals surface area contributed by atoms with Gasteiger partial charge in [-0.25, -0.2) is 0 Å². The van der Waals surface area contributed by atoms with Crippen molar-refractivity contribution in [2.75, 3.05) is 0 Å². The predicted octanol–water partition coefficient (Wildman–Crippen LogP) is 4.05. The van der Waals surface area contributed by atoms with E-state index in [1.807, 2.05) is 0 Å². The van der Waals surface area contributed by atoms with E-state index >= 15 is 0 Å². The van der Waals surface area contributed by atoms with E-state index in [1.54, 1.807) is 0 Å². The molecule has 1 radical (unpaired) electrons. The van der Waals surface area contributed by atoms with E-state index in [0.717, 1.165) is 6.42 Å². The van der Waals surface area contributed by atoms with E-state index in [4.69, 9.17) is 0 Å². The van der Waals surface area contributed by atoms with Crippen molar-refractivity contribution in [1.29, 1.82) is 0 Å². The van der Waals surface area contributed by atoms with Crippen molar-refractivity contribution in [3.8, 4) is 0 Å². The van der Waals surface area contributed by atoms with Crippen LogP contribution in [0.4, 0.5) is 0 Å². The zero-order valence-corrected chi connectivity index (χ0v) is 12.6. The quantitative estimate of drug-likeness (QED) is 0.594. The Hall–Kier alpha value is -1.08. The fourth-order valence-electron chi connectivity index (χ4n) is 2.26. The normalized spacial score (nSPS) is 10.0. The van der Waals surface area contributed by atoms with E-state index in [0.29, 0.717) is 0 Å². The molecular weight excluding hydrogens is 227 g/mol. The van der Waals surface area contributed by atoms with Crippen LogP contribution in [0.15, 0.2) is 72.8 Å². The Morgan fingerprint density at radius 3 is 2.11 bits per heavy atom. The number of benzene rings is 3. The SMILES string of the molecule is [Na].c1ccc(Cc2cccc3ccccc23)cc1. The third-order valence-corrected chi connectivity index (χ3v) is 3.12. The summed E-state index contributed by atoms with van der Waals surface area (Å²) in [5.74, 6) is 0. The van der Waals surface area contributed by atoms with Gasteiger partial charge in [0.05, 0.1) is 0 Å². The first-order valence-corrected chi connectivity index (χ1v) is 5.94. The van der Waals surface area contributed by atoms with Crippen molar-refractivity contribution in [3.63, 3.8) is 0 Å². The zero-order valence-electron chi connectivity index (χ0n) is 10.6. The molecule has 83 valence electrons.